The molecule has 1 aliphatic carbocycles. The number of nitrogens with one attached hydrogen (secondary N) is 1. The topological polar surface area (TPSA) is 41.0 Å². The Bertz CT molecular complexity index is 347. The molecule has 0 saturated heterocycles. The van der Waals surface area contributed by atoms with E-state index in [1.54, 1.807) is 6.33 Å². The molecule has 0 spiro atoms. The van der Waals surface area contributed by atoms with Gasteiger partial charge in [-0.05, 0) is 12.3 Å². The van der Waals surface area contributed by atoms with Crippen molar-refractivity contribution in [1.29, 1.82) is 0 Å². The van der Waals surface area contributed by atoms with E-state index < -0.39 is 0 Å². The van der Waals surface area contributed by atoms with Crippen molar-refractivity contribution in [2.75, 3.05) is 30.9 Å². The van der Waals surface area contributed by atoms with E-state index in [0.717, 1.165) is 24.1 Å². The van der Waals surface area contributed by atoms with Crippen LogP contribution in [0.15, 0.2) is 12.4 Å². The summed E-state index contributed by atoms with van der Waals surface area (Å²) in [5.41, 5.74) is 0. The lowest BCUT2D eigenvalue weighted by Gasteiger charge is -2.20. The average Bonchev–Trinajstić information content (AvgIpc) is 2.89. The van der Waals surface area contributed by atoms with Crippen LogP contribution >= 0.6 is 0 Å². The molecule has 1 aromatic rings. The summed E-state index contributed by atoms with van der Waals surface area (Å²) in [6.07, 6.45) is 8.58. The highest BCUT2D eigenvalue weighted by Gasteiger charge is 2.15. The first-order valence-corrected chi connectivity index (χ1v) is 6.50. The zero-order chi connectivity index (χ0) is 12.1. The van der Waals surface area contributed by atoms with Gasteiger partial charge in [-0.1, -0.05) is 25.7 Å². The molecule has 4 heteroatoms. The van der Waals surface area contributed by atoms with Gasteiger partial charge in [0.15, 0.2) is 0 Å². The zero-order valence-corrected chi connectivity index (χ0v) is 10.8. The number of hydrogen-bond donors (Lipinski definition) is 1. The van der Waals surface area contributed by atoms with Gasteiger partial charge in [-0.2, -0.15) is 0 Å². The summed E-state index contributed by atoms with van der Waals surface area (Å²) in [5, 5.41) is 3.04. The lowest BCUT2D eigenvalue weighted by molar-refractivity contribution is 0.504. The fourth-order valence-electron chi connectivity index (χ4n) is 2.48. The molecule has 1 fully saturated rings. The summed E-state index contributed by atoms with van der Waals surface area (Å²) in [7, 11) is 3.99. The van der Waals surface area contributed by atoms with Gasteiger partial charge in [-0.15, -0.1) is 0 Å². The average molecular weight is 234 g/mol. The third-order valence-electron chi connectivity index (χ3n) is 3.65. The lowest BCUT2D eigenvalue weighted by atomic mass is 10.0. The maximum atomic E-state index is 4.31. The fourth-order valence-corrected chi connectivity index (χ4v) is 2.48. The summed E-state index contributed by atoms with van der Waals surface area (Å²) in [6, 6.07) is 1.99. The Labute approximate surface area is 103 Å². The summed E-state index contributed by atoms with van der Waals surface area (Å²) in [5.74, 6) is 2.81. The number of anilines is 2. The maximum Gasteiger partial charge on any atom is 0.133 e. The first-order valence-electron chi connectivity index (χ1n) is 6.50. The quantitative estimate of drug-likeness (QED) is 0.850. The van der Waals surface area contributed by atoms with Gasteiger partial charge in [0.1, 0.15) is 18.0 Å². The second kappa shape index (κ2) is 5.84. The van der Waals surface area contributed by atoms with E-state index >= 15 is 0 Å². The smallest absolute Gasteiger partial charge is 0.133 e. The van der Waals surface area contributed by atoms with Gasteiger partial charge in [0.25, 0.3) is 0 Å². The van der Waals surface area contributed by atoms with Crippen LogP contribution in [0.1, 0.15) is 32.1 Å². The van der Waals surface area contributed by atoms with Gasteiger partial charge in [0, 0.05) is 26.7 Å². The van der Waals surface area contributed by atoms with E-state index in [-0.39, 0.29) is 0 Å². The molecule has 0 aromatic carbocycles. The molecule has 1 aromatic heterocycles. The maximum absolute atomic E-state index is 4.31. The second-order valence-corrected chi connectivity index (χ2v) is 4.87. The highest BCUT2D eigenvalue weighted by Crippen LogP contribution is 2.27. The minimum atomic E-state index is 0.878. The Morgan fingerprint density at radius 3 is 2.82 bits per heavy atom. The molecule has 94 valence electrons. The van der Waals surface area contributed by atoms with Crippen molar-refractivity contribution in [3.8, 4) is 0 Å². The van der Waals surface area contributed by atoms with Gasteiger partial charge in [0.2, 0.25) is 0 Å². The summed E-state index contributed by atoms with van der Waals surface area (Å²) in [6.45, 7) is 1.09. The third-order valence-corrected chi connectivity index (χ3v) is 3.65. The van der Waals surface area contributed by atoms with E-state index in [1.807, 2.05) is 13.1 Å². The molecule has 1 aliphatic rings. The number of rotatable bonds is 5. The molecule has 1 heterocycles. The lowest BCUT2D eigenvalue weighted by Crippen LogP contribution is -2.21. The SMILES string of the molecule is CNc1cc(N(C)CCC2CCCC2)ncn1. The van der Waals surface area contributed by atoms with E-state index in [0.29, 0.717) is 0 Å². The van der Waals surface area contributed by atoms with Crippen LogP contribution in [0.2, 0.25) is 0 Å². The van der Waals surface area contributed by atoms with Crippen molar-refractivity contribution in [2.24, 2.45) is 5.92 Å². The van der Waals surface area contributed by atoms with Gasteiger partial charge in [0.05, 0.1) is 0 Å². The molecule has 0 unspecified atom stereocenters. The Kier molecular flexibility index (Phi) is 4.18. The molecule has 4 nitrogen and oxygen atoms in total. The van der Waals surface area contributed by atoms with Crippen LogP contribution in [0.3, 0.4) is 0 Å². The molecular weight excluding hydrogens is 212 g/mol. The zero-order valence-electron chi connectivity index (χ0n) is 10.8. The Morgan fingerprint density at radius 2 is 2.12 bits per heavy atom. The monoisotopic (exact) mass is 234 g/mol. The molecule has 0 radical (unpaired) electrons. The highest BCUT2D eigenvalue weighted by molar-refractivity contribution is 5.47. The van der Waals surface area contributed by atoms with Crippen molar-refractivity contribution < 1.29 is 0 Å². The largest absolute Gasteiger partial charge is 0.373 e. The van der Waals surface area contributed by atoms with Gasteiger partial charge in [-0.25, -0.2) is 9.97 Å². The van der Waals surface area contributed by atoms with Gasteiger partial charge in [-0.3, -0.25) is 0 Å². The first-order chi connectivity index (χ1) is 8.29. The van der Waals surface area contributed by atoms with E-state index in [2.05, 4.69) is 27.2 Å². The molecule has 2 rings (SSSR count). The van der Waals surface area contributed by atoms with Crippen molar-refractivity contribution >= 4 is 11.6 Å². The van der Waals surface area contributed by atoms with Crippen molar-refractivity contribution in [3.63, 3.8) is 0 Å². The van der Waals surface area contributed by atoms with Crippen LogP contribution in [-0.2, 0) is 0 Å². The second-order valence-electron chi connectivity index (χ2n) is 4.87. The van der Waals surface area contributed by atoms with Crippen molar-refractivity contribution in [2.45, 2.75) is 32.1 Å². The molecule has 1 saturated carbocycles. The predicted octanol–water partition coefficient (Wildman–Crippen LogP) is 2.53. The molecule has 17 heavy (non-hydrogen) atoms. The number of hydrogen-bond acceptors (Lipinski definition) is 4. The highest BCUT2D eigenvalue weighted by atomic mass is 15.2. The van der Waals surface area contributed by atoms with Gasteiger partial charge < -0.3 is 10.2 Å². The van der Waals surface area contributed by atoms with Crippen LogP contribution < -0.4 is 10.2 Å². The number of nitrogens with zero attached hydrogens (tertiary/aromatic N) is 3. The van der Waals surface area contributed by atoms with Crippen LogP contribution in [-0.4, -0.2) is 30.6 Å². The van der Waals surface area contributed by atoms with Crippen molar-refractivity contribution in [1.82, 2.24) is 9.97 Å². The summed E-state index contributed by atoms with van der Waals surface area (Å²) >= 11 is 0. The molecule has 1 N–H and O–H groups in total. The minimum Gasteiger partial charge on any atom is -0.373 e. The van der Waals surface area contributed by atoms with E-state index in [9.17, 15) is 0 Å². The molecule has 0 aliphatic heterocycles. The third kappa shape index (κ3) is 3.32. The summed E-state index contributed by atoms with van der Waals surface area (Å²) < 4.78 is 0. The molecule has 0 atom stereocenters. The fraction of sp³-hybridized carbons (Fsp3) is 0.692. The Hall–Kier alpha value is -1.32. The Morgan fingerprint density at radius 1 is 1.35 bits per heavy atom. The Balaban J connectivity index is 1.87. The predicted molar refractivity (Wildman–Crippen MR) is 71.4 cm³/mol. The normalized spacial score (nSPS) is 16.1. The molecular formula is C13H22N4. The molecule has 0 bridgehead atoms. The standard InChI is InChI=1S/C13H22N4/c1-14-12-9-13(16-10-15-12)17(2)8-7-11-5-3-4-6-11/h9-11H,3-8H2,1-2H3,(H,14,15,16). The van der Waals surface area contributed by atoms with Gasteiger partial charge >= 0.3 is 0 Å². The summed E-state index contributed by atoms with van der Waals surface area (Å²) in [4.78, 5) is 10.7. The van der Waals surface area contributed by atoms with Crippen molar-refractivity contribution in [3.05, 3.63) is 12.4 Å². The van der Waals surface area contributed by atoms with E-state index in [1.165, 1.54) is 32.1 Å². The van der Waals surface area contributed by atoms with Crippen LogP contribution in [0.25, 0.3) is 0 Å². The minimum absolute atomic E-state index is 0.878. The number of aromatic nitrogens is 2. The van der Waals surface area contributed by atoms with Crippen LogP contribution in [0.5, 0.6) is 0 Å². The van der Waals surface area contributed by atoms with Crippen LogP contribution in [0.4, 0.5) is 11.6 Å². The molecule has 0 amide bonds. The van der Waals surface area contributed by atoms with Crippen LogP contribution in [0, 0.1) is 5.92 Å². The van der Waals surface area contributed by atoms with E-state index in [4.69, 9.17) is 0 Å². The first kappa shape index (κ1) is 12.1.